The van der Waals surface area contributed by atoms with Gasteiger partial charge in [0.1, 0.15) is 0 Å². The van der Waals surface area contributed by atoms with Gasteiger partial charge in [-0.1, -0.05) is 35.9 Å². The number of fused-ring (bicyclic) bond motifs is 1. The highest BCUT2D eigenvalue weighted by Gasteiger charge is 2.15. The molecule has 2 rings (SSSR count). The zero-order chi connectivity index (χ0) is 10.2. The maximum atomic E-state index is 2.39. The average Bonchev–Trinajstić information content (AvgIpc) is 2.42. The van der Waals surface area contributed by atoms with Crippen LogP contribution < -0.4 is 0 Å². The summed E-state index contributed by atoms with van der Waals surface area (Å²) in [5.74, 6) is 1.29. The molecule has 0 fully saturated rings. The Morgan fingerprint density at radius 3 is 2.50 bits per heavy atom. The average molecular weight is 206 g/mol. The highest BCUT2D eigenvalue weighted by molar-refractivity contribution is 8.32. The van der Waals surface area contributed by atoms with Crippen molar-refractivity contribution >= 4 is 16.1 Å². The minimum atomic E-state index is -0.394. The summed E-state index contributed by atoms with van der Waals surface area (Å²) in [5.41, 5.74) is 4.56. The molecular weight excluding hydrogens is 188 g/mol. The predicted octanol–water partition coefficient (Wildman–Crippen LogP) is 3.32. The molecule has 0 N–H and O–H groups in total. The monoisotopic (exact) mass is 206 g/mol. The van der Waals surface area contributed by atoms with Crippen molar-refractivity contribution in [2.24, 2.45) is 0 Å². The molecule has 0 heterocycles. The van der Waals surface area contributed by atoms with Gasteiger partial charge in [0.05, 0.1) is 0 Å². The van der Waals surface area contributed by atoms with E-state index >= 15 is 0 Å². The standard InChI is InChI=1S/C13H18S/c1-14(2,3)10-11-8-12-6-4-5-7-13(12)9-11/h4-8H,9-10H2,1-3H3. The van der Waals surface area contributed by atoms with Crippen molar-refractivity contribution in [2.75, 3.05) is 24.5 Å². The Hall–Kier alpha value is -0.690. The zero-order valence-electron chi connectivity index (χ0n) is 9.21. The summed E-state index contributed by atoms with van der Waals surface area (Å²) >= 11 is 0. The summed E-state index contributed by atoms with van der Waals surface area (Å²) < 4.78 is 0. The third-order valence-electron chi connectivity index (χ3n) is 2.45. The van der Waals surface area contributed by atoms with Gasteiger partial charge in [0, 0.05) is 0 Å². The smallest absolute Gasteiger partial charge is 0.00170 e. The Morgan fingerprint density at radius 1 is 1.14 bits per heavy atom. The molecule has 0 saturated carbocycles. The maximum absolute atomic E-state index is 2.39. The van der Waals surface area contributed by atoms with Gasteiger partial charge < -0.3 is 0 Å². The number of rotatable bonds is 2. The van der Waals surface area contributed by atoms with E-state index in [9.17, 15) is 0 Å². The summed E-state index contributed by atoms with van der Waals surface area (Å²) in [4.78, 5) is 0. The summed E-state index contributed by atoms with van der Waals surface area (Å²) in [6, 6.07) is 8.74. The quantitative estimate of drug-likeness (QED) is 0.696. The van der Waals surface area contributed by atoms with Crippen molar-refractivity contribution < 1.29 is 0 Å². The van der Waals surface area contributed by atoms with Crippen LogP contribution in [-0.2, 0) is 6.42 Å². The topological polar surface area (TPSA) is 0 Å². The van der Waals surface area contributed by atoms with Gasteiger partial charge in [-0.2, -0.15) is 0 Å². The van der Waals surface area contributed by atoms with Crippen molar-refractivity contribution in [3.63, 3.8) is 0 Å². The second-order valence-corrected chi connectivity index (χ2v) is 9.38. The van der Waals surface area contributed by atoms with E-state index < -0.39 is 10.0 Å². The maximum Gasteiger partial charge on any atom is -0.00170 e. The van der Waals surface area contributed by atoms with Crippen molar-refractivity contribution in [1.82, 2.24) is 0 Å². The fourth-order valence-corrected chi connectivity index (χ4v) is 3.30. The normalized spacial score (nSPS) is 16.4. The molecule has 76 valence electrons. The lowest BCUT2D eigenvalue weighted by molar-refractivity contribution is 1.20. The van der Waals surface area contributed by atoms with Crippen LogP contribution in [0.2, 0.25) is 0 Å². The molecule has 0 amide bonds. The molecule has 1 heteroatoms. The number of benzene rings is 1. The molecule has 0 bridgehead atoms. The fourth-order valence-electron chi connectivity index (χ4n) is 2.00. The van der Waals surface area contributed by atoms with Crippen LogP contribution >= 0.6 is 10.0 Å². The number of hydrogen-bond acceptors (Lipinski definition) is 0. The zero-order valence-corrected chi connectivity index (χ0v) is 10.0. The van der Waals surface area contributed by atoms with Gasteiger partial charge >= 0.3 is 0 Å². The molecule has 0 radical (unpaired) electrons. The van der Waals surface area contributed by atoms with E-state index in [0.29, 0.717) is 0 Å². The largest absolute Gasteiger partial charge is 0.246 e. The van der Waals surface area contributed by atoms with Crippen LogP contribution in [0.1, 0.15) is 11.1 Å². The third kappa shape index (κ3) is 2.21. The number of hydrogen-bond donors (Lipinski definition) is 0. The first kappa shape index (κ1) is 9.85. The first-order valence-corrected chi connectivity index (χ1v) is 8.01. The molecule has 0 atom stereocenters. The summed E-state index contributed by atoms with van der Waals surface area (Å²) in [5, 5.41) is 0. The second kappa shape index (κ2) is 3.47. The van der Waals surface area contributed by atoms with Gasteiger partial charge in [-0.25, -0.2) is 10.0 Å². The van der Waals surface area contributed by atoms with Gasteiger partial charge in [0.15, 0.2) is 0 Å². The summed E-state index contributed by atoms with van der Waals surface area (Å²) in [6.45, 7) is 0. The van der Waals surface area contributed by atoms with Crippen LogP contribution in [0.4, 0.5) is 0 Å². The Bertz CT molecular complexity index is 369. The van der Waals surface area contributed by atoms with Gasteiger partial charge in [-0.05, 0) is 42.1 Å². The van der Waals surface area contributed by atoms with Crippen molar-refractivity contribution in [3.05, 3.63) is 41.0 Å². The third-order valence-corrected chi connectivity index (χ3v) is 3.69. The lowest BCUT2D eigenvalue weighted by atomic mass is 10.1. The van der Waals surface area contributed by atoms with Gasteiger partial charge in [-0.3, -0.25) is 0 Å². The molecule has 1 aliphatic rings. The molecule has 0 saturated heterocycles. The van der Waals surface area contributed by atoms with E-state index in [1.807, 2.05) is 0 Å². The fraction of sp³-hybridized carbons (Fsp3) is 0.385. The van der Waals surface area contributed by atoms with E-state index in [1.165, 1.54) is 23.3 Å². The van der Waals surface area contributed by atoms with Gasteiger partial charge in [-0.15, -0.1) is 0 Å². The van der Waals surface area contributed by atoms with Crippen LogP contribution in [0.3, 0.4) is 0 Å². The highest BCUT2D eigenvalue weighted by Crippen LogP contribution is 2.40. The molecule has 0 nitrogen and oxygen atoms in total. The molecule has 14 heavy (non-hydrogen) atoms. The first-order chi connectivity index (χ1) is 6.54. The second-order valence-electron chi connectivity index (χ2n) is 4.91. The minimum absolute atomic E-state index is 0.394. The Morgan fingerprint density at radius 2 is 1.86 bits per heavy atom. The first-order valence-electron chi connectivity index (χ1n) is 4.98. The van der Waals surface area contributed by atoms with Crippen molar-refractivity contribution in [3.8, 4) is 0 Å². The molecule has 0 unspecified atom stereocenters. The lowest BCUT2D eigenvalue weighted by Gasteiger charge is -2.25. The van der Waals surface area contributed by atoms with Crippen LogP contribution in [0.5, 0.6) is 0 Å². The van der Waals surface area contributed by atoms with E-state index in [2.05, 4.69) is 49.1 Å². The van der Waals surface area contributed by atoms with Crippen LogP contribution in [-0.4, -0.2) is 24.5 Å². The van der Waals surface area contributed by atoms with Gasteiger partial charge in [0.2, 0.25) is 0 Å². The van der Waals surface area contributed by atoms with Crippen molar-refractivity contribution in [2.45, 2.75) is 6.42 Å². The van der Waals surface area contributed by atoms with Crippen LogP contribution in [0.15, 0.2) is 29.8 Å². The molecule has 0 aliphatic heterocycles. The van der Waals surface area contributed by atoms with Crippen molar-refractivity contribution in [1.29, 1.82) is 0 Å². The molecule has 1 aliphatic carbocycles. The predicted molar refractivity (Wildman–Crippen MR) is 68.4 cm³/mol. The molecule has 0 spiro atoms. The van der Waals surface area contributed by atoms with Crippen LogP contribution in [0, 0.1) is 0 Å². The van der Waals surface area contributed by atoms with Crippen LogP contribution in [0.25, 0.3) is 6.08 Å². The van der Waals surface area contributed by atoms with E-state index in [4.69, 9.17) is 0 Å². The lowest BCUT2D eigenvalue weighted by Crippen LogP contribution is -2.01. The Labute approximate surface area is 88.3 Å². The van der Waals surface area contributed by atoms with Gasteiger partial charge in [0.25, 0.3) is 0 Å². The Balaban J connectivity index is 2.16. The van der Waals surface area contributed by atoms with E-state index in [-0.39, 0.29) is 0 Å². The van der Waals surface area contributed by atoms with E-state index in [1.54, 1.807) is 5.57 Å². The minimum Gasteiger partial charge on any atom is -0.246 e. The Kier molecular flexibility index (Phi) is 2.44. The van der Waals surface area contributed by atoms with E-state index in [0.717, 1.165) is 0 Å². The SMILES string of the molecule is CS(C)(C)CC1=Cc2ccccc2C1. The summed E-state index contributed by atoms with van der Waals surface area (Å²) in [6.07, 6.45) is 10.7. The molecule has 1 aromatic rings. The highest BCUT2D eigenvalue weighted by atomic mass is 32.3. The molecule has 0 aromatic heterocycles. The molecular formula is C13H18S. The molecule has 1 aromatic carbocycles. The summed E-state index contributed by atoms with van der Waals surface area (Å²) in [7, 11) is -0.394.